The molecule has 1 amide bonds. The molecule has 0 radical (unpaired) electrons. The number of nitro groups is 1. The van der Waals surface area contributed by atoms with Gasteiger partial charge in [0, 0.05) is 17.7 Å². The predicted molar refractivity (Wildman–Crippen MR) is 111 cm³/mol. The van der Waals surface area contributed by atoms with Crippen molar-refractivity contribution in [3.8, 4) is 17.0 Å². The van der Waals surface area contributed by atoms with Crippen LogP contribution in [0.1, 0.15) is 5.56 Å². The van der Waals surface area contributed by atoms with Crippen LogP contribution >= 0.6 is 11.8 Å². The normalized spacial score (nSPS) is 10.4. The fraction of sp³-hybridized carbons (Fsp3) is 0.150. The molecule has 0 aliphatic rings. The zero-order chi connectivity index (χ0) is 20.8. The topological polar surface area (TPSA) is 107 Å². The monoisotopic (exact) mass is 410 g/mol. The fourth-order valence-electron chi connectivity index (χ4n) is 2.55. The maximum Gasteiger partial charge on any atom is 0.269 e. The molecule has 0 atom stereocenters. The zero-order valence-electron chi connectivity index (χ0n) is 15.8. The van der Waals surface area contributed by atoms with Crippen molar-refractivity contribution < 1.29 is 14.5 Å². The molecule has 0 unspecified atom stereocenters. The molecule has 0 fully saturated rings. The van der Waals surface area contributed by atoms with Crippen molar-refractivity contribution in [3.05, 3.63) is 70.3 Å². The number of benzene rings is 2. The third-order valence-corrected chi connectivity index (χ3v) is 4.91. The lowest BCUT2D eigenvalue weighted by Crippen LogP contribution is -2.15. The fourth-order valence-corrected chi connectivity index (χ4v) is 3.16. The number of nitro benzene ring substituents is 1. The van der Waals surface area contributed by atoms with E-state index in [1.807, 2.05) is 19.1 Å². The Hall–Kier alpha value is -3.46. The molecule has 148 valence electrons. The first-order valence-electron chi connectivity index (χ1n) is 8.62. The number of carbonyl (C=O) groups excluding carboxylic acids is 1. The van der Waals surface area contributed by atoms with Crippen LogP contribution in [0, 0.1) is 17.0 Å². The van der Waals surface area contributed by atoms with Crippen molar-refractivity contribution >= 4 is 29.0 Å². The van der Waals surface area contributed by atoms with Crippen molar-refractivity contribution in [2.75, 3.05) is 18.2 Å². The molecule has 0 aliphatic heterocycles. The van der Waals surface area contributed by atoms with E-state index in [9.17, 15) is 14.9 Å². The molecule has 1 heterocycles. The molecule has 3 rings (SSSR count). The summed E-state index contributed by atoms with van der Waals surface area (Å²) in [6, 6.07) is 15.2. The van der Waals surface area contributed by atoms with Crippen molar-refractivity contribution in [3.63, 3.8) is 0 Å². The molecule has 2 aromatic carbocycles. The van der Waals surface area contributed by atoms with Gasteiger partial charge in [-0.1, -0.05) is 17.8 Å². The Morgan fingerprint density at radius 1 is 1.14 bits per heavy atom. The molecule has 8 nitrogen and oxygen atoms in total. The lowest BCUT2D eigenvalue weighted by atomic mass is 10.1. The molecular formula is C20H18N4O4S. The molecule has 29 heavy (non-hydrogen) atoms. The Morgan fingerprint density at radius 3 is 2.52 bits per heavy atom. The first-order valence-corrected chi connectivity index (χ1v) is 9.60. The van der Waals surface area contributed by atoms with Crippen LogP contribution in [-0.2, 0) is 4.79 Å². The standard InChI is InChI=1S/C20H18N4O4S/c1-13-3-9-18(28-2)17(11-13)21-19(25)12-29-20-10-8-16(22-23-20)14-4-6-15(7-5-14)24(26)27/h3-11H,12H2,1-2H3,(H,21,25). The minimum atomic E-state index is -0.452. The van der Waals surface area contributed by atoms with Gasteiger partial charge in [0.15, 0.2) is 0 Å². The van der Waals surface area contributed by atoms with Crippen molar-refractivity contribution in [2.45, 2.75) is 11.9 Å². The van der Waals surface area contributed by atoms with E-state index in [0.29, 0.717) is 22.2 Å². The molecule has 3 aromatic rings. The number of methoxy groups -OCH3 is 1. The van der Waals surface area contributed by atoms with Crippen molar-refractivity contribution in [1.82, 2.24) is 10.2 Å². The summed E-state index contributed by atoms with van der Waals surface area (Å²) in [5.74, 6) is 0.587. The second kappa shape index (κ2) is 9.16. The van der Waals surface area contributed by atoms with E-state index in [2.05, 4.69) is 15.5 Å². The van der Waals surface area contributed by atoms with Crippen LogP contribution < -0.4 is 10.1 Å². The number of ether oxygens (including phenoxy) is 1. The average Bonchev–Trinajstić information content (AvgIpc) is 2.73. The summed E-state index contributed by atoms with van der Waals surface area (Å²) in [6.07, 6.45) is 0. The number of nitrogens with one attached hydrogen (secondary N) is 1. The maximum absolute atomic E-state index is 12.2. The van der Waals surface area contributed by atoms with E-state index in [1.165, 1.54) is 23.9 Å². The second-order valence-corrected chi connectivity index (χ2v) is 7.10. The van der Waals surface area contributed by atoms with Gasteiger partial charge in [-0.3, -0.25) is 14.9 Å². The third-order valence-electron chi connectivity index (χ3n) is 3.99. The highest BCUT2D eigenvalue weighted by molar-refractivity contribution is 7.99. The van der Waals surface area contributed by atoms with Crippen molar-refractivity contribution in [1.29, 1.82) is 0 Å². The van der Waals surface area contributed by atoms with Gasteiger partial charge in [0.25, 0.3) is 5.69 Å². The largest absolute Gasteiger partial charge is 0.495 e. The van der Waals surface area contributed by atoms with Gasteiger partial charge >= 0.3 is 0 Å². The van der Waals surface area contributed by atoms with Crippen molar-refractivity contribution in [2.24, 2.45) is 0 Å². The molecule has 0 aliphatic carbocycles. The summed E-state index contributed by atoms with van der Waals surface area (Å²) >= 11 is 1.26. The van der Waals surface area contributed by atoms with E-state index < -0.39 is 4.92 Å². The van der Waals surface area contributed by atoms with Crippen LogP contribution in [0.2, 0.25) is 0 Å². The number of nitrogens with zero attached hydrogens (tertiary/aromatic N) is 3. The predicted octanol–water partition coefficient (Wildman–Crippen LogP) is 4.10. The van der Waals surface area contributed by atoms with Gasteiger partial charge in [-0.2, -0.15) is 0 Å². The lowest BCUT2D eigenvalue weighted by molar-refractivity contribution is -0.384. The minimum absolute atomic E-state index is 0.0186. The summed E-state index contributed by atoms with van der Waals surface area (Å²) < 4.78 is 5.26. The van der Waals surface area contributed by atoms with Crippen LogP contribution in [0.25, 0.3) is 11.3 Å². The average molecular weight is 410 g/mol. The number of anilines is 1. The number of thioether (sulfide) groups is 1. The van der Waals surface area contributed by atoms with Gasteiger partial charge in [0.05, 0.1) is 29.2 Å². The lowest BCUT2D eigenvalue weighted by Gasteiger charge is -2.10. The van der Waals surface area contributed by atoms with Gasteiger partial charge in [0.2, 0.25) is 5.91 Å². The third kappa shape index (κ3) is 5.29. The summed E-state index contributed by atoms with van der Waals surface area (Å²) in [7, 11) is 1.55. The Labute approximate surface area is 171 Å². The Morgan fingerprint density at radius 2 is 1.90 bits per heavy atom. The Kier molecular flexibility index (Phi) is 6.40. The van der Waals surface area contributed by atoms with Gasteiger partial charge in [-0.25, -0.2) is 0 Å². The highest BCUT2D eigenvalue weighted by Gasteiger charge is 2.10. The molecule has 9 heteroatoms. The van der Waals surface area contributed by atoms with Crippen LogP contribution in [0.4, 0.5) is 11.4 Å². The number of aromatic nitrogens is 2. The van der Waals surface area contributed by atoms with E-state index in [0.717, 1.165) is 11.1 Å². The number of rotatable bonds is 7. The van der Waals surface area contributed by atoms with E-state index in [4.69, 9.17) is 4.74 Å². The number of amides is 1. The number of aryl methyl sites for hydroxylation is 1. The molecule has 1 N–H and O–H groups in total. The molecule has 0 saturated heterocycles. The number of non-ortho nitro benzene ring substituents is 1. The van der Waals surface area contributed by atoms with Crippen LogP contribution in [0.5, 0.6) is 5.75 Å². The molecule has 1 aromatic heterocycles. The molecule has 0 bridgehead atoms. The quantitative estimate of drug-likeness (QED) is 0.355. The maximum atomic E-state index is 12.2. The highest BCUT2D eigenvalue weighted by atomic mass is 32.2. The minimum Gasteiger partial charge on any atom is -0.495 e. The molecule has 0 saturated carbocycles. The second-order valence-electron chi connectivity index (χ2n) is 6.10. The van der Waals surface area contributed by atoms with Crippen LogP contribution in [0.3, 0.4) is 0 Å². The number of carbonyl (C=O) groups is 1. The SMILES string of the molecule is COc1ccc(C)cc1NC(=O)CSc1ccc(-c2ccc([N+](=O)[O-])cc2)nn1. The Balaban J connectivity index is 1.59. The first kappa shape index (κ1) is 20.3. The van der Waals surface area contributed by atoms with Gasteiger partial charge in [-0.05, 0) is 48.9 Å². The summed E-state index contributed by atoms with van der Waals surface area (Å²) in [5.41, 5.74) is 2.98. The Bertz CT molecular complexity index is 1020. The highest BCUT2D eigenvalue weighted by Crippen LogP contribution is 2.26. The first-order chi connectivity index (χ1) is 14.0. The van der Waals surface area contributed by atoms with E-state index >= 15 is 0 Å². The van der Waals surface area contributed by atoms with Crippen LogP contribution in [0.15, 0.2) is 59.6 Å². The van der Waals surface area contributed by atoms with Gasteiger partial charge in [0.1, 0.15) is 10.8 Å². The van der Waals surface area contributed by atoms with Gasteiger partial charge in [-0.15, -0.1) is 10.2 Å². The smallest absolute Gasteiger partial charge is 0.269 e. The van der Waals surface area contributed by atoms with Gasteiger partial charge < -0.3 is 10.1 Å². The zero-order valence-corrected chi connectivity index (χ0v) is 16.6. The molecular weight excluding hydrogens is 392 g/mol. The summed E-state index contributed by atoms with van der Waals surface area (Å²) in [5, 5.41) is 22.4. The van der Waals surface area contributed by atoms with Crippen LogP contribution in [-0.4, -0.2) is 33.9 Å². The summed E-state index contributed by atoms with van der Waals surface area (Å²) in [6.45, 7) is 1.94. The number of hydrogen-bond acceptors (Lipinski definition) is 7. The van der Waals surface area contributed by atoms with E-state index in [1.54, 1.807) is 37.4 Å². The van der Waals surface area contributed by atoms with E-state index in [-0.39, 0.29) is 17.3 Å². The number of hydrogen-bond donors (Lipinski definition) is 1. The molecule has 0 spiro atoms. The summed E-state index contributed by atoms with van der Waals surface area (Å²) in [4.78, 5) is 22.5.